The van der Waals surface area contributed by atoms with Gasteiger partial charge in [-0.15, -0.1) is 15.9 Å². The molecule has 6 heteroatoms. The maximum atomic E-state index is 12.9. The molecule has 3 aromatic rings. The molecule has 1 amide bonds. The molecule has 1 aliphatic rings. The summed E-state index contributed by atoms with van der Waals surface area (Å²) in [5.74, 6) is 0.449. The van der Waals surface area contributed by atoms with Gasteiger partial charge in [0, 0.05) is 24.1 Å². The van der Waals surface area contributed by atoms with E-state index in [2.05, 4.69) is 30.1 Å². The second-order valence-electron chi connectivity index (χ2n) is 8.60. The number of carbonyl (C=O) groups excluding carboxylic acids is 1. The van der Waals surface area contributed by atoms with Crippen LogP contribution >= 0.6 is 11.3 Å². The summed E-state index contributed by atoms with van der Waals surface area (Å²) in [7, 11) is 0. The van der Waals surface area contributed by atoms with Gasteiger partial charge >= 0.3 is 6.09 Å². The van der Waals surface area contributed by atoms with Crippen LogP contribution in [0.15, 0.2) is 42.6 Å². The highest BCUT2D eigenvalue weighted by Crippen LogP contribution is 2.30. The maximum Gasteiger partial charge on any atom is 0.597 e. The van der Waals surface area contributed by atoms with Crippen molar-refractivity contribution < 1.29 is 14.1 Å². The Labute approximate surface area is 175 Å². The molecule has 2 aromatic heterocycles. The quantitative estimate of drug-likeness (QED) is 0.524. The molecule has 1 aliphatic heterocycles. The zero-order valence-electron chi connectivity index (χ0n) is 17.3. The van der Waals surface area contributed by atoms with E-state index < -0.39 is 5.60 Å². The highest BCUT2D eigenvalue weighted by atomic mass is 32.1. The van der Waals surface area contributed by atoms with Crippen LogP contribution in [0.4, 0.5) is 4.79 Å². The van der Waals surface area contributed by atoms with Crippen LogP contribution in [0.5, 0.6) is 0 Å². The summed E-state index contributed by atoms with van der Waals surface area (Å²) in [5.41, 5.74) is 3.35. The van der Waals surface area contributed by atoms with Crippen LogP contribution < -0.4 is 0 Å². The first-order valence-electron chi connectivity index (χ1n) is 9.99. The number of aromatic nitrogens is 2. The predicted octanol–water partition coefficient (Wildman–Crippen LogP) is 5.52. The minimum atomic E-state index is -0.515. The third kappa shape index (κ3) is 4.37. The number of carbonyl (C=O) groups is 1. The van der Waals surface area contributed by atoms with Gasteiger partial charge in [0.05, 0.1) is 15.9 Å². The standard InChI is InChI=1S/C23H26N3O2S/c1-15-8-10-19(26(14-15)22(27)28-23(2,3)4)16-9-11-20-18(13-16)25-21(29-20)17-7-5-6-12-24-17/h5-7,9,11-13,15H,8,10,14H2,1-4H3/q+1/t15-/m0/s1. The number of hydrogen-bond donors (Lipinski definition) is 0. The van der Waals surface area contributed by atoms with E-state index in [1.54, 1.807) is 17.5 Å². The number of hydrogen-bond acceptors (Lipinski definition) is 5. The number of ether oxygens (including phenoxy) is 1. The minimum Gasteiger partial charge on any atom is -0.406 e. The molecule has 0 saturated heterocycles. The maximum absolute atomic E-state index is 12.9. The van der Waals surface area contributed by atoms with Crippen molar-refractivity contribution in [3.05, 3.63) is 48.2 Å². The summed E-state index contributed by atoms with van der Waals surface area (Å²) in [6.07, 6.45) is 3.42. The van der Waals surface area contributed by atoms with Crippen molar-refractivity contribution in [1.29, 1.82) is 0 Å². The summed E-state index contributed by atoms with van der Waals surface area (Å²) in [5, 5.41) is 0.906. The third-order valence-electron chi connectivity index (χ3n) is 4.91. The lowest BCUT2D eigenvalue weighted by atomic mass is 9.94. The molecule has 0 N–H and O–H groups in total. The highest BCUT2D eigenvalue weighted by molar-refractivity contribution is 7.21. The number of rotatable bonds is 2. The minimum absolute atomic E-state index is 0.272. The van der Waals surface area contributed by atoms with Crippen LogP contribution in [0.3, 0.4) is 0 Å². The van der Waals surface area contributed by atoms with Gasteiger partial charge in [-0.1, -0.05) is 13.0 Å². The Balaban J connectivity index is 1.74. The van der Waals surface area contributed by atoms with E-state index in [0.29, 0.717) is 12.5 Å². The van der Waals surface area contributed by atoms with E-state index in [1.165, 1.54) is 0 Å². The zero-order chi connectivity index (χ0) is 20.6. The van der Waals surface area contributed by atoms with E-state index in [0.717, 1.165) is 45.0 Å². The monoisotopic (exact) mass is 408 g/mol. The summed E-state index contributed by atoms with van der Waals surface area (Å²) in [6, 6.07) is 12.1. The van der Waals surface area contributed by atoms with Crippen molar-refractivity contribution in [2.45, 2.75) is 46.1 Å². The number of benzene rings is 1. The average Bonchev–Trinajstić information content (AvgIpc) is 3.10. The fourth-order valence-corrected chi connectivity index (χ4v) is 4.46. The Bertz CT molecular complexity index is 1080. The lowest BCUT2D eigenvalue weighted by Crippen LogP contribution is -2.39. The molecular formula is C23H26N3O2S+. The molecule has 150 valence electrons. The molecule has 0 unspecified atom stereocenters. The largest absolute Gasteiger partial charge is 0.597 e. The number of amides is 1. The number of nitrogens with zero attached hydrogens (tertiary/aromatic N) is 3. The normalized spacial score (nSPS) is 17.6. The van der Waals surface area contributed by atoms with Crippen LogP contribution in [0.2, 0.25) is 0 Å². The van der Waals surface area contributed by atoms with E-state index in [-0.39, 0.29) is 6.09 Å². The smallest absolute Gasteiger partial charge is 0.406 e. The Morgan fingerprint density at radius 3 is 2.79 bits per heavy atom. The molecule has 0 spiro atoms. The van der Waals surface area contributed by atoms with E-state index in [4.69, 9.17) is 9.72 Å². The molecule has 5 nitrogen and oxygen atoms in total. The van der Waals surface area contributed by atoms with Gasteiger partial charge in [0.1, 0.15) is 10.6 Å². The molecule has 0 aliphatic carbocycles. The van der Waals surface area contributed by atoms with Gasteiger partial charge in [0.15, 0.2) is 12.3 Å². The van der Waals surface area contributed by atoms with Crippen molar-refractivity contribution in [2.24, 2.45) is 5.92 Å². The Morgan fingerprint density at radius 2 is 2.07 bits per heavy atom. The van der Waals surface area contributed by atoms with Crippen LogP contribution in [-0.4, -0.2) is 38.5 Å². The average molecular weight is 409 g/mol. The molecule has 1 aromatic carbocycles. The second kappa shape index (κ2) is 7.67. The van der Waals surface area contributed by atoms with Crippen LogP contribution in [0.1, 0.15) is 46.1 Å². The zero-order valence-corrected chi connectivity index (χ0v) is 18.1. The Kier molecular flexibility index (Phi) is 5.21. The van der Waals surface area contributed by atoms with E-state index in [9.17, 15) is 4.79 Å². The SMILES string of the molecule is C[C@H]1CCC(c2ccc3sc(-c4ccccn4)nc3c2)=[N+](C(=O)OC(C)(C)C)C1. The second-order valence-corrected chi connectivity index (χ2v) is 9.63. The first-order chi connectivity index (χ1) is 13.8. The summed E-state index contributed by atoms with van der Waals surface area (Å²) >= 11 is 1.63. The molecular weight excluding hydrogens is 382 g/mol. The summed E-state index contributed by atoms with van der Waals surface area (Å²) < 4.78 is 8.60. The van der Waals surface area contributed by atoms with Crippen molar-refractivity contribution in [1.82, 2.24) is 9.97 Å². The van der Waals surface area contributed by atoms with Crippen LogP contribution in [-0.2, 0) is 4.74 Å². The molecule has 0 saturated carbocycles. The third-order valence-corrected chi connectivity index (χ3v) is 5.97. The van der Waals surface area contributed by atoms with Crippen molar-refractivity contribution in [3.8, 4) is 10.7 Å². The first kappa shape index (κ1) is 19.7. The molecule has 29 heavy (non-hydrogen) atoms. The predicted molar refractivity (Wildman–Crippen MR) is 117 cm³/mol. The van der Waals surface area contributed by atoms with Gasteiger partial charge in [0.25, 0.3) is 0 Å². The van der Waals surface area contributed by atoms with Gasteiger partial charge in [-0.05, 0) is 57.5 Å². The number of thiazole rings is 1. The fourth-order valence-electron chi connectivity index (χ4n) is 3.54. The molecule has 1 atom stereocenters. The topological polar surface area (TPSA) is 55.1 Å². The van der Waals surface area contributed by atoms with Gasteiger partial charge in [-0.3, -0.25) is 4.98 Å². The Morgan fingerprint density at radius 1 is 1.24 bits per heavy atom. The van der Waals surface area contributed by atoms with Gasteiger partial charge in [-0.25, -0.2) is 4.98 Å². The molecule has 3 heterocycles. The van der Waals surface area contributed by atoms with Gasteiger partial charge < -0.3 is 4.74 Å². The molecule has 0 radical (unpaired) electrons. The van der Waals surface area contributed by atoms with Crippen molar-refractivity contribution in [2.75, 3.05) is 6.54 Å². The number of fused-ring (bicyclic) bond motifs is 1. The molecule has 0 bridgehead atoms. The van der Waals surface area contributed by atoms with Crippen molar-refractivity contribution in [3.63, 3.8) is 0 Å². The van der Waals surface area contributed by atoms with Gasteiger partial charge in [0.2, 0.25) is 0 Å². The molecule has 0 fully saturated rings. The molecule has 4 rings (SSSR count). The Hall–Kier alpha value is -2.60. The van der Waals surface area contributed by atoms with Gasteiger partial charge in [-0.2, -0.15) is 4.79 Å². The fraction of sp³-hybridized carbons (Fsp3) is 0.391. The summed E-state index contributed by atoms with van der Waals surface area (Å²) in [4.78, 5) is 22.1. The lowest BCUT2D eigenvalue weighted by Gasteiger charge is -2.22. The first-order valence-corrected chi connectivity index (χ1v) is 10.8. The van der Waals surface area contributed by atoms with Crippen molar-refractivity contribution >= 4 is 33.4 Å². The van der Waals surface area contributed by atoms with E-state index >= 15 is 0 Å². The van der Waals surface area contributed by atoms with E-state index in [1.807, 2.05) is 43.5 Å². The van der Waals surface area contributed by atoms with Crippen LogP contribution in [0.25, 0.3) is 20.9 Å². The lowest BCUT2D eigenvalue weighted by molar-refractivity contribution is -0.463. The van der Waals surface area contributed by atoms with Crippen LogP contribution in [0, 0.1) is 5.92 Å². The highest BCUT2D eigenvalue weighted by Gasteiger charge is 2.35. The number of pyridine rings is 1. The summed E-state index contributed by atoms with van der Waals surface area (Å²) in [6.45, 7) is 8.56.